The molecule has 0 saturated carbocycles. The maximum absolute atomic E-state index is 13.0. The second-order valence-electron chi connectivity index (χ2n) is 22.6. The van der Waals surface area contributed by atoms with Gasteiger partial charge in [-0.1, -0.05) is 259 Å². The Bertz CT molecular complexity index is 1780. The molecule has 3 atom stereocenters. The first-order chi connectivity index (χ1) is 41.2. The molecule has 0 amide bonds. The van der Waals surface area contributed by atoms with E-state index in [9.17, 15) is 28.9 Å². The average Bonchev–Trinajstić information content (AvgIpc) is 3.53. The molecule has 0 saturated heterocycles. The van der Waals surface area contributed by atoms with Gasteiger partial charge in [0.05, 0.1) is 19.8 Å². The zero-order valence-electron chi connectivity index (χ0n) is 53.8. The summed E-state index contributed by atoms with van der Waals surface area (Å²) >= 11 is 0. The van der Waals surface area contributed by atoms with Gasteiger partial charge < -0.3 is 24.2 Å². The summed E-state index contributed by atoms with van der Waals surface area (Å²) in [6.45, 7) is 4.51. The van der Waals surface area contributed by atoms with Crippen molar-refractivity contribution in [2.45, 2.75) is 315 Å². The third kappa shape index (κ3) is 62.9. The molecule has 2 N–H and O–H groups in total. The third-order valence-corrected chi connectivity index (χ3v) is 15.4. The molecule has 484 valence electrons. The largest absolute Gasteiger partial charge is 0.472 e. The van der Waals surface area contributed by atoms with Crippen LogP contribution in [0.3, 0.4) is 0 Å². The smallest absolute Gasteiger partial charge is 0.462 e. The minimum absolute atomic E-state index is 0.145. The van der Waals surface area contributed by atoms with Crippen molar-refractivity contribution in [2.24, 2.45) is 0 Å². The Labute approximate surface area is 514 Å². The molecule has 0 aromatic heterocycles. The van der Waals surface area contributed by atoms with Gasteiger partial charge in [0, 0.05) is 19.3 Å². The summed E-state index contributed by atoms with van der Waals surface area (Å²) in [7, 11) is -4.77. The van der Waals surface area contributed by atoms with Gasteiger partial charge in [-0.15, -0.1) is 0 Å². The normalized spacial score (nSPS) is 13.8. The minimum Gasteiger partial charge on any atom is -0.462 e. The number of rotatable bonds is 63. The molecule has 0 aliphatic carbocycles. The first kappa shape index (κ1) is 80.4. The zero-order chi connectivity index (χ0) is 61.2. The number of ether oxygens (including phenoxy) is 3. The Morgan fingerprint density at radius 2 is 0.619 bits per heavy atom. The van der Waals surface area contributed by atoms with Crippen molar-refractivity contribution in [1.29, 1.82) is 0 Å². The van der Waals surface area contributed by atoms with Crippen molar-refractivity contribution in [3.63, 3.8) is 0 Å². The van der Waals surface area contributed by atoms with E-state index in [1.807, 2.05) is 0 Å². The van der Waals surface area contributed by atoms with E-state index >= 15 is 0 Å². The summed E-state index contributed by atoms with van der Waals surface area (Å²) in [5.41, 5.74) is 0. The molecule has 11 nitrogen and oxygen atoms in total. The number of hydrogen-bond acceptors (Lipinski definition) is 10. The van der Waals surface area contributed by atoms with Crippen LogP contribution in [0.4, 0.5) is 0 Å². The second-order valence-corrected chi connectivity index (χ2v) is 24.1. The number of phosphoric ester groups is 1. The van der Waals surface area contributed by atoms with E-state index in [2.05, 4.69) is 118 Å². The van der Waals surface area contributed by atoms with Crippen LogP contribution >= 0.6 is 7.82 Å². The number of hydrogen-bond donors (Lipinski definition) is 2. The summed E-state index contributed by atoms with van der Waals surface area (Å²) in [4.78, 5) is 48.9. The Balaban J connectivity index is 4.72. The molecule has 0 aliphatic rings. The third-order valence-electron chi connectivity index (χ3n) is 14.5. The van der Waals surface area contributed by atoms with Crippen LogP contribution < -0.4 is 0 Å². The van der Waals surface area contributed by atoms with Crippen LogP contribution in [0.1, 0.15) is 303 Å². The quantitative estimate of drug-likeness (QED) is 0.0197. The second kappa shape index (κ2) is 65.4. The van der Waals surface area contributed by atoms with Gasteiger partial charge in [0.1, 0.15) is 12.7 Å². The van der Waals surface area contributed by atoms with Gasteiger partial charge in [-0.2, -0.15) is 0 Å². The SMILES string of the molecule is CC/C=C\C/C=C\C/C=C\C/C=C\CCCCCCCCC(=O)OC(COC(=O)CCCCCCCC/C=C\C/C=C\C/C=C\CCCCC)COP(=O)(O)OCC(CO)OC(=O)CCCCCCCCCCC/C=C\CCCCCCCC. The van der Waals surface area contributed by atoms with Gasteiger partial charge in [0.2, 0.25) is 0 Å². The monoisotopic (exact) mass is 1200 g/mol. The fourth-order valence-electron chi connectivity index (χ4n) is 9.29. The van der Waals surface area contributed by atoms with Crippen molar-refractivity contribution in [3.8, 4) is 0 Å². The maximum atomic E-state index is 13.0. The lowest BCUT2D eigenvalue weighted by Gasteiger charge is -2.21. The van der Waals surface area contributed by atoms with Crippen molar-refractivity contribution >= 4 is 25.7 Å². The van der Waals surface area contributed by atoms with Crippen molar-refractivity contribution in [2.75, 3.05) is 26.4 Å². The van der Waals surface area contributed by atoms with Crippen molar-refractivity contribution in [3.05, 3.63) is 97.2 Å². The fraction of sp³-hybridized carbons (Fsp3) is 0.736. The highest BCUT2D eigenvalue weighted by Crippen LogP contribution is 2.43. The van der Waals surface area contributed by atoms with Gasteiger partial charge in [-0.25, -0.2) is 4.57 Å². The number of aliphatic hydroxyl groups excluding tert-OH is 1. The van der Waals surface area contributed by atoms with Crippen LogP contribution in [0.5, 0.6) is 0 Å². The lowest BCUT2D eigenvalue weighted by atomic mass is 10.1. The molecule has 0 rings (SSSR count). The Morgan fingerprint density at radius 1 is 0.345 bits per heavy atom. The molecule has 0 heterocycles. The first-order valence-electron chi connectivity index (χ1n) is 34.1. The van der Waals surface area contributed by atoms with Crippen LogP contribution in [0.25, 0.3) is 0 Å². The minimum atomic E-state index is -4.77. The summed E-state index contributed by atoms with van der Waals surface area (Å²) in [5.74, 6) is -1.49. The number of allylic oxidation sites excluding steroid dienone is 16. The molecule has 0 fully saturated rings. The van der Waals surface area contributed by atoms with Crippen LogP contribution in [0.2, 0.25) is 0 Å². The van der Waals surface area contributed by atoms with Gasteiger partial charge in [0.25, 0.3) is 0 Å². The van der Waals surface area contributed by atoms with Gasteiger partial charge in [0.15, 0.2) is 6.10 Å². The molecule has 0 radical (unpaired) electrons. The predicted molar refractivity (Wildman–Crippen MR) is 353 cm³/mol. The van der Waals surface area contributed by atoms with E-state index in [0.717, 1.165) is 135 Å². The van der Waals surface area contributed by atoms with E-state index in [4.69, 9.17) is 23.3 Å². The lowest BCUT2D eigenvalue weighted by Crippen LogP contribution is -2.30. The Kier molecular flexibility index (Phi) is 62.6. The fourth-order valence-corrected chi connectivity index (χ4v) is 10.1. The van der Waals surface area contributed by atoms with E-state index < -0.39 is 57.8 Å². The Hall–Kier alpha value is -3.60. The van der Waals surface area contributed by atoms with E-state index in [1.54, 1.807) is 0 Å². The van der Waals surface area contributed by atoms with Crippen LogP contribution in [-0.2, 0) is 42.2 Å². The molecule has 0 bridgehead atoms. The highest BCUT2D eigenvalue weighted by molar-refractivity contribution is 7.47. The summed E-state index contributed by atoms with van der Waals surface area (Å²) in [5, 5.41) is 9.88. The van der Waals surface area contributed by atoms with Crippen LogP contribution in [0, 0.1) is 0 Å². The summed E-state index contributed by atoms with van der Waals surface area (Å²) in [6.07, 6.45) is 79.2. The number of esters is 3. The van der Waals surface area contributed by atoms with E-state index in [0.29, 0.717) is 19.3 Å². The van der Waals surface area contributed by atoms with Gasteiger partial charge in [-0.05, 0) is 122 Å². The molecular formula is C72H125O11P. The molecule has 84 heavy (non-hydrogen) atoms. The highest BCUT2D eigenvalue weighted by Gasteiger charge is 2.28. The molecule has 0 aromatic carbocycles. The van der Waals surface area contributed by atoms with Crippen molar-refractivity contribution in [1.82, 2.24) is 0 Å². The van der Waals surface area contributed by atoms with Crippen molar-refractivity contribution < 1.29 is 52.2 Å². The van der Waals surface area contributed by atoms with Crippen LogP contribution in [0.15, 0.2) is 97.2 Å². The Morgan fingerprint density at radius 3 is 0.988 bits per heavy atom. The zero-order valence-corrected chi connectivity index (χ0v) is 54.7. The van der Waals surface area contributed by atoms with E-state index in [1.165, 1.54) is 109 Å². The molecule has 3 unspecified atom stereocenters. The topological polar surface area (TPSA) is 155 Å². The number of unbranched alkanes of at least 4 members (excludes halogenated alkanes) is 30. The highest BCUT2D eigenvalue weighted by atomic mass is 31.2. The molecule has 12 heteroatoms. The van der Waals surface area contributed by atoms with E-state index in [-0.39, 0.29) is 25.9 Å². The summed E-state index contributed by atoms with van der Waals surface area (Å²) < 4.78 is 39.8. The number of carbonyl (C=O) groups excluding carboxylic acids is 3. The van der Waals surface area contributed by atoms with Crippen LogP contribution in [-0.4, -0.2) is 66.5 Å². The predicted octanol–water partition coefficient (Wildman–Crippen LogP) is 21.2. The average molecular weight is 1200 g/mol. The molecule has 0 aromatic rings. The molecular weight excluding hydrogens is 1070 g/mol. The number of carbonyl (C=O) groups is 3. The number of aliphatic hydroxyl groups is 1. The maximum Gasteiger partial charge on any atom is 0.472 e. The molecule has 0 aliphatic heterocycles. The van der Waals surface area contributed by atoms with Gasteiger partial charge in [-0.3, -0.25) is 23.4 Å². The standard InChI is InChI=1S/C72H125O11P/c1-4-7-10-13-16-19-22-25-28-31-34-37-40-43-46-49-52-55-58-61-70(74)79-65-69(83-72(76)63-60-57-54-51-48-45-42-39-36-33-30-27-24-21-18-15-12-9-6-3)67-81-84(77,78)80-66-68(64-73)82-71(75)62-59-56-53-50-47-44-41-38-35-32-29-26-23-20-17-14-11-8-5-2/h9,12,16,18-19,21,25-30,34,36-37,39,68-69,73H,4-8,10-11,13-15,17,20,22-24,31-33,35,38,40-67H2,1-3H3,(H,77,78)/b12-9-,19-16-,21-18-,28-25-,29-26-,30-27-,37-34-,39-36-. The van der Waals surface area contributed by atoms with Gasteiger partial charge >= 0.3 is 25.7 Å². The molecule has 0 spiro atoms. The lowest BCUT2D eigenvalue weighted by molar-refractivity contribution is -0.161. The number of phosphoric acid groups is 1. The summed E-state index contributed by atoms with van der Waals surface area (Å²) in [6, 6.07) is 0. The first-order valence-corrected chi connectivity index (χ1v) is 35.6.